The Morgan fingerprint density at radius 2 is 2.16 bits per heavy atom. The van der Waals surface area contributed by atoms with E-state index in [1.54, 1.807) is 0 Å². The Kier molecular flexibility index (Phi) is 6.56. The van der Waals surface area contributed by atoms with Crippen LogP contribution in [0.15, 0.2) is 11.6 Å². The van der Waals surface area contributed by atoms with Crippen LogP contribution in [0.2, 0.25) is 0 Å². The SMILES string of the molecule is CCCN(CC(C)(C)CN)C(=O)CC1=CCCCC1. The molecule has 0 fully saturated rings. The van der Waals surface area contributed by atoms with E-state index in [-0.39, 0.29) is 11.3 Å². The predicted molar refractivity (Wildman–Crippen MR) is 80.9 cm³/mol. The highest BCUT2D eigenvalue weighted by Crippen LogP contribution is 2.22. The van der Waals surface area contributed by atoms with Gasteiger partial charge in [-0.25, -0.2) is 0 Å². The summed E-state index contributed by atoms with van der Waals surface area (Å²) in [4.78, 5) is 14.4. The normalized spacial score (nSPS) is 16.1. The van der Waals surface area contributed by atoms with Crippen molar-refractivity contribution in [3.05, 3.63) is 11.6 Å². The fourth-order valence-corrected chi connectivity index (χ4v) is 2.51. The fraction of sp³-hybridized carbons (Fsp3) is 0.812. The molecule has 3 nitrogen and oxygen atoms in total. The first kappa shape index (κ1) is 16.2. The standard InChI is InChI=1S/C16H30N2O/c1-4-10-18(13-16(2,3)12-17)15(19)11-14-8-6-5-7-9-14/h8H,4-7,9-13,17H2,1-3H3. The van der Waals surface area contributed by atoms with Gasteiger partial charge in [0.2, 0.25) is 5.91 Å². The number of carbonyl (C=O) groups is 1. The van der Waals surface area contributed by atoms with Crippen LogP contribution in [0, 0.1) is 5.41 Å². The van der Waals surface area contributed by atoms with Crippen LogP contribution in [0.5, 0.6) is 0 Å². The molecule has 0 aromatic carbocycles. The van der Waals surface area contributed by atoms with E-state index in [2.05, 4.69) is 26.8 Å². The van der Waals surface area contributed by atoms with Crippen LogP contribution >= 0.6 is 0 Å². The molecule has 0 atom stereocenters. The van der Waals surface area contributed by atoms with Crippen molar-refractivity contribution in [1.29, 1.82) is 0 Å². The predicted octanol–water partition coefficient (Wildman–Crippen LogP) is 3.10. The second kappa shape index (κ2) is 7.68. The molecule has 1 aliphatic rings. The maximum atomic E-state index is 12.4. The molecule has 0 heterocycles. The highest BCUT2D eigenvalue weighted by molar-refractivity contribution is 5.78. The number of nitrogens with zero attached hydrogens (tertiary/aromatic N) is 1. The van der Waals surface area contributed by atoms with Gasteiger partial charge in [-0.05, 0) is 44.1 Å². The molecule has 3 heteroatoms. The number of allylic oxidation sites excluding steroid dienone is 1. The summed E-state index contributed by atoms with van der Waals surface area (Å²) in [6.07, 6.45) is 8.64. The minimum atomic E-state index is 0.00573. The third-order valence-electron chi connectivity index (χ3n) is 3.78. The summed E-state index contributed by atoms with van der Waals surface area (Å²) < 4.78 is 0. The zero-order valence-corrected chi connectivity index (χ0v) is 12.9. The lowest BCUT2D eigenvalue weighted by molar-refractivity contribution is -0.131. The van der Waals surface area contributed by atoms with Crippen LogP contribution in [-0.2, 0) is 4.79 Å². The first-order valence-electron chi connectivity index (χ1n) is 7.64. The maximum Gasteiger partial charge on any atom is 0.226 e. The largest absolute Gasteiger partial charge is 0.342 e. The molecule has 0 saturated heterocycles. The third kappa shape index (κ3) is 5.77. The van der Waals surface area contributed by atoms with Crippen molar-refractivity contribution >= 4 is 5.91 Å². The number of nitrogens with two attached hydrogens (primary N) is 1. The van der Waals surface area contributed by atoms with Gasteiger partial charge in [0, 0.05) is 19.5 Å². The van der Waals surface area contributed by atoms with Crippen molar-refractivity contribution in [3.8, 4) is 0 Å². The van der Waals surface area contributed by atoms with Gasteiger partial charge in [-0.2, -0.15) is 0 Å². The van der Waals surface area contributed by atoms with Gasteiger partial charge >= 0.3 is 0 Å². The van der Waals surface area contributed by atoms with Gasteiger partial charge in [0.05, 0.1) is 0 Å². The molecule has 0 aromatic heterocycles. The van der Waals surface area contributed by atoms with E-state index >= 15 is 0 Å². The monoisotopic (exact) mass is 266 g/mol. The van der Waals surface area contributed by atoms with E-state index in [4.69, 9.17) is 5.73 Å². The molecule has 1 aliphatic carbocycles. The summed E-state index contributed by atoms with van der Waals surface area (Å²) in [6.45, 7) is 8.60. The van der Waals surface area contributed by atoms with E-state index in [9.17, 15) is 4.79 Å². The molecule has 0 aliphatic heterocycles. The Bertz CT molecular complexity index is 321. The van der Waals surface area contributed by atoms with E-state index in [0.29, 0.717) is 13.0 Å². The van der Waals surface area contributed by atoms with Crippen molar-refractivity contribution in [3.63, 3.8) is 0 Å². The van der Waals surface area contributed by atoms with E-state index in [0.717, 1.165) is 32.4 Å². The molecule has 0 aromatic rings. The Labute approximate surface area is 118 Å². The molecule has 19 heavy (non-hydrogen) atoms. The van der Waals surface area contributed by atoms with Crippen LogP contribution in [0.4, 0.5) is 0 Å². The second-order valence-corrected chi connectivity index (χ2v) is 6.47. The van der Waals surface area contributed by atoms with Crippen molar-refractivity contribution < 1.29 is 4.79 Å². The summed E-state index contributed by atoms with van der Waals surface area (Å²) in [5.74, 6) is 0.275. The first-order valence-corrected chi connectivity index (χ1v) is 7.64. The summed E-state index contributed by atoms with van der Waals surface area (Å²) in [6, 6.07) is 0. The average Bonchev–Trinajstić information content (AvgIpc) is 2.39. The molecule has 0 radical (unpaired) electrons. The molecule has 0 unspecified atom stereocenters. The van der Waals surface area contributed by atoms with Crippen LogP contribution in [-0.4, -0.2) is 30.4 Å². The average molecular weight is 266 g/mol. The smallest absolute Gasteiger partial charge is 0.226 e. The lowest BCUT2D eigenvalue weighted by Crippen LogP contribution is -2.42. The lowest BCUT2D eigenvalue weighted by atomic mass is 9.92. The second-order valence-electron chi connectivity index (χ2n) is 6.47. The first-order chi connectivity index (χ1) is 8.98. The summed E-state index contributed by atoms with van der Waals surface area (Å²) in [5.41, 5.74) is 7.13. The summed E-state index contributed by atoms with van der Waals surface area (Å²) in [5, 5.41) is 0. The highest BCUT2D eigenvalue weighted by atomic mass is 16.2. The van der Waals surface area contributed by atoms with Crippen molar-refractivity contribution in [2.45, 2.75) is 59.3 Å². The molecular weight excluding hydrogens is 236 g/mol. The molecule has 0 spiro atoms. The quantitative estimate of drug-likeness (QED) is 0.720. The summed E-state index contributed by atoms with van der Waals surface area (Å²) >= 11 is 0. The van der Waals surface area contributed by atoms with Gasteiger partial charge in [-0.1, -0.05) is 32.4 Å². The zero-order chi connectivity index (χ0) is 14.3. The van der Waals surface area contributed by atoms with Crippen molar-refractivity contribution in [2.75, 3.05) is 19.6 Å². The molecule has 110 valence electrons. The lowest BCUT2D eigenvalue weighted by Gasteiger charge is -2.32. The van der Waals surface area contributed by atoms with Gasteiger partial charge in [-0.15, -0.1) is 0 Å². The van der Waals surface area contributed by atoms with E-state index < -0.39 is 0 Å². The van der Waals surface area contributed by atoms with Gasteiger partial charge in [0.15, 0.2) is 0 Å². The van der Waals surface area contributed by atoms with Crippen LogP contribution in [0.1, 0.15) is 59.3 Å². The van der Waals surface area contributed by atoms with Gasteiger partial charge in [0.25, 0.3) is 0 Å². The van der Waals surface area contributed by atoms with Gasteiger partial charge in [-0.3, -0.25) is 4.79 Å². The Balaban J connectivity index is 2.59. The van der Waals surface area contributed by atoms with Crippen LogP contribution < -0.4 is 5.73 Å². The molecule has 2 N–H and O–H groups in total. The Morgan fingerprint density at radius 1 is 1.42 bits per heavy atom. The minimum Gasteiger partial charge on any atom is -0.342 e. The van der Waals surface area contributed by atoms with Crippen LogP contribution in [0.25, 0.3) is 0 Å². The number of amides is 1. The minimum absolute atomic E-state index is 0.00573. The van der Waals surface area contributed by atoms with Gasteiger partial charge in [0.1, 0.15) is 0 Å². The zero-order valence-electron chi connectivity index (χ0n) is 12.9. The highest BCUT2D eigenvalue weighted by Gasteiger charge is 2.23. The van der Waals surface area contributed by atoms with Gasteiger partial charge < -0.3 is 10.6 Å². The number of rotatable bonds is 7. The molecule has 0 saturated carbocycles. The van der Waals surface area contributed by atoms with Crippen LogP contribution in [0.3, 0.4) is 0 Å². The van der Waals surface area contributed by atoms with E-state index in [1.165, 1.54) is 18.4 Å². The number of hydrogen-bond donors (Lipinski definition) is 1. The Morgan fingerprint density at radius 3 is 2.68 bits per heavy atom. The summed E-state index contributed by atoms with van der Waals surface area (Å²) in [7, 11) is 0. The molecule has 1 amide bonds. The Hall–Kier alpha value is -0.830. The third-order valence-corrected chi connectivity index (χ3v) is 3.78. The van der Waals surface area contributed by atoms with Crippen molar-refractivity contribution in [1.82, 2.24) is 4.90 Å². The number of hydrogen-bond acceptors (Lipinski definition) is 2. The molecular formula is C16H30N2O. The van der Waals surface area contributed by atoms with Crippen molar-refractivity contribution in [2.24, 2.45) is 11.1 Å². The van der Waals surface area contributed by atoms with E-state index in [1.807, 2.05) is 4.90 Å². The molecule has 0 bridgehead atoms. The molecule has 1 rings (SSSR count). The number of carbonyl (C=O) groups excluding carboxylic acids is 1. The fourth-order valence-electron chi connectivity index (χ4n) is 2.51. The maximum absolute atomic E-state index is 12.4. The topological polar surface area (TPSA) is 46.3 Å².